The summed E-state index contributed by atoms with van der Waals surface area (Å²) in [7, 11) is 1.86. The van der Waals surface area contributed by atoms with Crippen LogP contribution in [-0.2, 0) is 29.6 Å². The van der Waals surface area contributed by atoms with Crippen LogP contribution in [0.5, 0.6) is 0 Å². The number of aromatic nitrogens is 1. The number of hydrogen-bond acceptors (Lipinski definition) is 4. The Bertz CT molecular complexity index is 1080. The molecule has 0 radical (unpaired) electrons. The Hall–Kier alpha value is -3.13. The van der Waals surface area contributed by atoms with Crippen LogP contribution in [-0.4, -0.2) is 33.7 Å². The van der Waals surface area contributed by atoms with E-state index in [1.807, 2.05) is 41.3 Å². The molecule has 0 unspecified atom stereocenters. The van der Waals surface area contributed by atoms with Crippen molar-refractivity contribution in [1.29, 1.82) is 0 Å². The highest BCUT2D eigenvalue weighted by molar-refractivity contribution is 7.10. The van der Waals surface area contributed by atoms with Gasteiger partial charge < -0.3 is 9.47 Å². The summed E-state index contributed by atoms with van der Waals surface area (Å²) in [5, 5.41) is 2.86. The molecule has 8 heteroatoms. The second-order valence-electron chi connectivity index (χ2n) is 7.11. The number of para-hydroxylation sites is 1. The second-order valence-corrected chi connectivity index (χ2v) is 8.11. The van der Waals surface area contributed by atoms with Gasteiger partial charge in [-0.15, -0.1) is 11.3 Å². The third-order valence-corrected chi connectivity index (χ3v) is 6.21. The SMILES string of the molecule is Cn1cc(C(=O)NNC(=O)CCC(=O)N2CCc3sccc3C2)c2ccccc21. The molecule has 0 aliphatic carbocycles. The summed E-state index contributed by atoms with van der Waals surface area (Å²) in [5.41, 5.74) is 7.47. The Morgan fingerprint density at radius 2 is 1.93 bits per heavy atom. The van der Waals surface area contributed by atoms with Crippen LogP contribution in [0.4, 0.5) is 0 Å². The van der Waals surface area contributed by atoms with Gasteiger partial charge in [0.05, 0.1) is 5.56 Å². The van der Waals surface area contributed by atoms with Gasteiger partial charge >= 0.3 is 0 Å². The summed E-state index contributed by atoms with van der Waals surface area (Å²) in [4.78, 5) is 40.1. The van der Waals surface area contributed by atoms with Crippen molar-refractivity contribution in [1.82, 2.24) is 20.3 Å². The van der Waals surface area contributed by atoms with Gasteiger partial charge in [-0.25, -0.2) is 0 Å². The van der Waals surface area contributed by atoms with E-state index in [4.69, 9.17) is 0 Å². The van der Waals surface area contributed by atoms with Crippen molar-refractivity contribution in [2.45, 2.75) is 25.8 Å². The molecule has 3 aromatic rings. The van der Waals surface area contributed by atoms with E-state index >= 15 is 0 Å². The van der Waals surface area contributed by atoms with Crippen LogP contribution >= 0.6 is 11.3 Å². The number of carbonyl (C=O) groups is 3. The molecule has 0 bridgehead atoms. The topological polar surface area (TPSA) is 83.4 Å². The monoisotopic (exact) mass is 410 g/mol. The minimum atomic E-state index is -0.389. The number of nitrogens with zero attached hydrogens (tertiary/aromatic N) is 2. The molecule has 0 spiro atoms. The first-order valence-corrected chi connectivity index (χ1v) is 10.4. The van der Waals surface area contributed by atoms with Crippen LogP contribution in [0.2, 0.25) is 0 Å². The summed E-state index contributed by atoms with van der Waals surface area (Å²) in [5.74, 6) is -0.819. The summed E-state index contributed by atoms with van der Waals surface area (Å²) < 4.78 is 1.86. The third kappa shape index (κ3) is 4.02. The van der Waals surface area contributed by atoms with E-state index in [0.29, 0.717) is 18.7 Å². The molecule has 150 valence electrons. The van der Waals surface area contributed by atoms with Crippen molar-refractivity contribution in [2.24, 2.45) is 7.05 Å². The van der Waals surface area contributed by atoms with Crippen molar-refractivity contribution in [2.75, 3.05) is 6.54 Å². The normalized spacial score (nSPS) is 13.2. The second kappa shape index (κ2) is 8.08. The van der Waals surface area contributed by atoms with Crippen LogP contribution in [0.3, 0.4) is 0 Å². The minimum Gasteiger partial charge on any atom is -0.350 e. The number of aryl methyl sites for hydroxylation is 1. The first-order valence-electron chi connectivity index (χ1n) is 9.49. The van der Waals surface area contributed by atoms with Crippen LogP contribution in [0.1, 0.15) is 33.6 Å². The molecule has 0 saturated heterocycles. The number of amides is 3. The van der Waals surface area contributed by atoms with Gasteiger partial charge in [0.1, 0.15) is 0 Å². The zero-order valence-corrected chi connectivity index (χ0v) is 16.9. The number of hydrogen-bond donors (Lipinski definition) is 2. The average Bonchev–Trinajstić information content (AvgIpc) is 3.34. The Morgan fingerprint density at radius 1 is 1.10 bits per heavy atom. The van der Waals surface area contributed by atoms with Crippen molar-refractivity contribution in [3.8, 4) is 0 Å². The minimum absolute atomic E-state index is 0.0294. The van der Waals surface area contributed by atoms with Crippen molar-refractivity contribution in [3.63, 3.8) is 0 Å². The molecule has 2 N–H and O–H groups in total. The molecule has 3 heterocycles. The standard InChI is InChI=1S/C21H22N4O3S/c1-24-13-16(15-4-2-3-5-17(15)24)21(28)23-22-19(26)6-7-20(27)25-10-8-18-14(12-25)9-11-29-18/h2-5,9,11,13H,6-8,10,12H2,1H3,(H,22,26)(H,23,28). The van der Waals surface area contributed by atoms with Crippen molar-refractivity contribution < 1.29 is 14.4 Å². The molecule has 3 amide bonds. The molecule has 29 heavy (non-hydrogen) atoms. The summed E-state index contributed by atoms with van der Waals surface area (Å²) in [6.07, 6.45) is 2.74. The maximum Gasteiger partial charge on any atom is 0.271 e. The molecule has 1 aromatic carbocycles. The number of benzene rings is 1. The first kappa shape index (κ1) is 19.2. The van der Waals surface area contributed by atoms with Gasteiger partial charge in [-0.2, -0.15) is 0 Å². The molecule has 7 nitrogen and oxygen atoms in total. The van der Waals surface area contributed by atoms with Crippen LogP contribution in [0, 0.1) is 0 Å². The van der Waals surface area contributed by atoms with E-state index in [1.165, 1.54) is 10.4 Å². The summed E-state index contributed by atoms with van der Waals surface area (Å²) in [6.45, 7) is 1.29. The lowest BCUT2D eigenvalue weighted by atomic mass is 10.1. The molecule has 0 atom stereocenters. The van der Waals surface area contributed by atoms with Gasteiger partial charge in [-0.05, 0) is 29.5 Å². The predicted octanol–water partition coefficient (Wildman–Crippen LogP) is 2.37. The van der Waals surface area contributed by atoms with Gasteiger partial charge in [-0.3, -0.25) is 25.2 Å². The van der Waals surface area contributed by atoms with Gasteiger partial charge in [0.2, 0.25) is 11.8 Å². The van der Waals surface area contributed by atoms with Crippen molar-refractivity contribution >= 4 is 40.0 Å². The van der Waals surface area contributed by atoms with E-state index in [9.17, 15) is 14.4 Å². The Labute approximate surface area is 172 Å². The molecular formula is C21H22N4O3S. The fraction of sp³-hybridized carbons (Fsp3) is 0.286. The number of thiophene rings is 1. The number of carbonyl (C=O) groups excluding carboxylic acids is 3. The zero-order valence-electron chi connectivity index (χ0n) is 16.1. The van der Waals surface area contributed by atoms with Gasteiger partial charge in [0.15, 0.2) is 0 Å². The number of fused-ring (bicyclic) bond motifs is 2. The van der Waals surface area contributed by atoms with Gasteiger partial charge in [-0.1, -0.05) is 18.2 Å². The quantitative estimate of drug-likeness (QED) is 0.648. The Kier molecular flexibility index (Phi) is 5.35. The Balaban J connectivity index is 1.27. The fourth-order valence-corrected chi connectivity index (χ4v) is 4.51. The fourth-order valence-electron chi connectivity index (χ4n) is 3.62. The molecule has 2 aromatic heterocycles. The lowest BCUT2D eigenvalue weighted by Crippen LogP contribution is -2.42. The Morgan fingerprint density at radius 3 is 2.79 bits per heavy atom. The molecular weight excluding hydrogens is 388 g/mol. The maximum atomic E-state index is 12.4. The van der Waals surface area contributed by atoms with Gasteiger partial charge in [0.25, 0.3) is 5.91 Å². The lowest BCUT2D eigenvalue weighted by molar-refractivity contribution is -0.134. The number of rotatable bonds is 4. The highest BCUT2D eigenvalue weighted by Crippen LogP contribution is 2.24. The highest BCUT2D eigenvalue weighted by Gasteiger charge is 2.22. The van der Waals surface area contributed by atoms with Crippen LogP contribution < -0.4 is 10.9 Å². The maximum absolute atomic E-state index is 12.4. The molecule has 0 fully saturated rings. The molecule has 4 rings (SSSR count). The predicted molar refractivity (Wildman–Crippen MR) is 111 cm³/mol. The number of nitrogens with one attached hydrogen (secondary N) is 2. The van der Waals surface area contributed by atoms with Crippen LogP contribution in [0.15, 0.2) is 41.9 Å². The largest absolute Gasteiger partial charge is 0.350 e. The van der Waals surface area contributed by atoms with E-state index in [-0.39, 0.29) is 30.6 Å². The van der Waals surface area contributed by atoms with E-state index in [2.05, 4.69) is 16.9 Å². The average molecular weight is 410 g/mol. The number of hydrazine groups is 1. The molecule has 1 aliphatic rings. The van der Waals surface area contributed by atoms with E-state index < -0.39 is 0 Å². The summed E-state index contributed by atoms with van der Waals surface area (Å²) >= 11 is 1.72. The van der Waals surface area contributed by atoms with Crippen LogP contribution in [0.25, 0.3) is 10.9 Å². The third-order valence-electron chi connectivity index (χ3n) is 5.18. The van der Waals surface area contributed by atoms with E-state index in [0.717, 1.165) is 17.3 Å². The smallest absolute Gasteiger partial charge is 0.271 e. The lowest BCUT2D eigenvalue weighted by Gasteiger charge is -2.27. The highest BCUT2D eigenvalue weighted by atomic mass is 32.1. The zero-order chi connectivity index (χ0) is 20.4. The molecule has 1 aliphatic heterocycles. The molecule has 0 saturated carbocycles. The van der Waals surface area contributed by atoms with Gasteiger partial charge in [0, 0.05) is 55.0 Å². The first-order chi connectivity index (χ1) is 14.0. The van der Waals surface area contributed by atoms with Crippen molar-refractivity contribution in [3.05, 3.63) is 57.9 Å². The summed E-state index contributed by atoms with van der Waals surface area (Å²) in [6, 6.07) is 9.61. The van der Waals surface area contributed by atoms with E-state index in [1.54, 1.807) is 22.4 Å².